The van der Waals surface area contributed by atoms with E-state index >= 15 is 0 Å². The van der Waals surface area contributed by atoms with Crippen LogP contribution in [0.5, 0.6) is 17.2 Å². The third kappa shape index (κ3) is 3.01. The Hall–Kier alpha value is -3.41. The van der Waals surface area contributed by atoms with Gasteiger partial charge < -0.3 is 18.6 Å². The van der Waals surface area contributed by atoms with E-state index in [0.29, 0.717) is 6.61 Å². The molecule has 6 heteroatoms. The van der Waals surface area contributed by atoms with Gasteiger partial charge in [-0.15, -0.1) is 0 Å². The van der Waals surface area contributed by atoms with E-state index in [1.54, 1.807) is 13.4 Å². The Morgan fingerprint density at radius 2 is 1.97 bits per heavy atom. The maximum atomic E-state index is 6.48. The number of fused-ring (bicyclic) bond motifs is 3. The molecule has 3 aromatic rings. The van der Waals surface area contributed by atoms with Crippen molar-refractivity contribution in [1.29, 1.82) is 0 Å². The number of rotatable bonds is 5. The van der Waals surface area contributed by atoms with Crippen molar-refractivity contribution in [3.63, 3.8) is 0 Å². The summed E-state index contributed by atoms with van der Waals surface area (Å²) in [5, 5.41) is 6.91. The number of hydrazone groups is 1. The summed E-state index contributed by atoms with van der Waals surface area (Å²) in [6.07, 6.45) is 2.05. The molecule has 2 aromatic carbocycles. The maximum Gasteiger partial charge on any atom is 0.214 e. The summed E-state index contributed by atoms with van der Waals surface area (Å²) >= 11 is 0. The molecule has 2 aliphatic rings. The fraction of sp³-hybridized carbons (Fsp3) is 0.261. The Balaban J connectivity index is 1.60. The maximum absolute atomic E-state index is 6.48. The van der Waals surface area contributed by atoms with Crippen molar-refractivity contribution in [2.75, 3.05) is 13.7 Å². The number of ether oxygens (including phenoxy) is 3. The summed E-state index contributed by atoms with van der Waals surface area (Å²) in [5.41, 5.74) is 2.99. The zero-order valence-corrected chi connectivity index (χ0v) is 16.4. The van der Waals surface area contributed by atoms with E-state index in [1.807, 2.05) is 60.5 Å². The normalized spacial score (nSPS) is 19.8. The van der Waals surface area contributed by atoms with Crippen LogP contribution in [-0.2, 0) is 0 Å². The van der Waals surface area contributed by atoms with Crippen molar-refractivity contribution in [2.24, 2.45) is 5.10 Å². The summed E-state index contributed by atoms with van der Waals surface area (Å²) in [4.78, 5) is 0. The van der Waals surface area contributed by atoms with Crippen LogP contribution in [0.1, 0.15) is 42.5 Å². The summed E-state index contributed by atoms with van der Waals surface area (Å²) in [5.74, 6) is 3.13. The molecule has 29 heavy (non-hydrogen) atoms. The molecule has 2 atom stereocenters. The van der Waals surface area contributed by atoms with Gasteiger partial charge in [0.2, 0.25) is 6.23 Å². The lowest BCUT2D eigenvalue weighted by atomic mass is 9.97. The second-order valence-electron chi connectivity index (χ2n) is 6.97. The molecule has 0 saturated heterocycles. The first-order valence-corrected chi connectivity index (χ1v) is 9.74. The molecule has 0 spiro atoms. The highest BCUT2D eigenvalue weighted by atomic mass is 16.5. The molecular formula is C23H22N2O4. The molecular weight excluding hydrogens is 368 g/mol. The van der Waals surface area contributed by atoms with Crippen molar-refractivity contribution in [1.82, 2.24) is 5.01 Å². The number of methoxy groups -OCH3 is 1. The molecule has 0 saturated carbocycles. The zero-order chi connectivity index (χ0) is 19.8. The second kappa shape index (κ2) is 7.20. The van der Waals surface area contributed by atoms with Crippen molar-refractivity contribution in [3.8, 4) is 17.2 Å². The number of hydrogen-bond acceptors (Lipinski definition) is 6. The molecule has 148 valence electrons. The first kappa shape index (κ1) is 17.7. The minimum Gasteiger partial charge on any atom is -0.497 e. The van der Waals surface area contributed by atoms with Crippen LogP contribution in [0.2, 0.25) is 0 Å². The van der Waals surface area contributed by atoms with Crippen LogP contribution in [-0.4, -0.2) is 24.4 Å². The molecule has 0 radical (unpaired) electrons. The molecule has 6 nitrogen and oxygen atoms in total. The third-order valence-corrected chi connectivity index (χ3v) is 5.29. The fourth-order valence-corrected chi connectivity index (χ4v) is 3.93. The van der Waals surface area contributed by atoms with Gasteiger partial charge in [0.15, 0.2) is 11.5 Å². The van der Waals surface area contributed by atoms with Gasteiger partial charge in [0.1, 0.15) is 17.2 Å². The van der Waals surface area contributed by atoms with Gasteiger partial charge in [0.25, 0.3) is 0 Å². The highest BCUT2D eigenvalue weighted by Crippen LogP contribution is 2.50. The first-order valence-electron chi connectivity index (χ1n) is 9.74. The van der Waals surface area contributed by atoms with E-state index in [9.17, 15) is 0 Å². The van der Waals surface area contributed by atoms with Gasteiger partial charge >= 0.3 is 0 Å². The Kier molecular flexibility index (Phi) is 4.39. The Bertz CT molecular complexity index is 1030. The van der Waals surface area contributed by atoms with Crippen LogP contribution in [0.25, 0.3) is 0 Å². The van der Waals surface area contributed by atoms with Gasteiger partial charge in [-0.05, 0) is 49.4 Å². The van der Waals surface area contributed by atoms with E-state index in [4.69, 9.17) is 23.7 Å². The fourth-order valence-electron chi connectivity index (χ4n) is 3.93. The van der Waals surface area contributed by atoms with E-state index in [1.165, 1.54) is 0 Å². The van der Waals surface area contributed by atoms with E-state index in [2.05, 4.69) is 6.07 Å². The Labute approximate surface area is 169 Å². The van der Waals surface area contributed by atoms with Crippen molar-refractivity contribution >= 4 is 5.71 Å². The topological polar surface area (TPSA) is 56.4 Å². The third-order valence-electron chi connectivity index (χ3n) is 5.29. The van der Waals surface area contributed by atoms with Crippen LogP contribution in [0, 0.1) is 0 Å². The number of para-hydroxylation sites is 1. The Morgan fingerprint density at radius 3 is 2.69 bits per heavy atom. The molecule has 1 aromatic heterocycles. The van der Waals surface area contributed by atoms with Crippen molar-refractivity contribution in [2.45, 2.75) is 25.6 Å². The lowest BCUT2D eigenvalue weighted by Gasteiger charge is -2.38. The molecule has 0 bridgehead atoms. The largest absolute Gasteiger partial charge is 0.497 e. The molecule has 0 fully saturated rings. The molecule has 3 heterocycles. The minimum atomic E-state index is -0.368. The first-order chi connectivity index (χ1) is 14.3. The molecule has 0 aliphatic carbocycles. The molecule has 2 aliphatic heterocycles. The van der Waals surface area contributed by atoms with Gasteiger partial charge in [-0.3, -0.25) is 0 Å². The molecule has 0 amide bonds. The summed E-state index contributed by atoms with van der Waals surface area (Å²) in [6, 6.07) is 17.8. The minimum absolute atomic E-state index is 0.0476. The highest BCUT2D eigenvalue weighted by Gasteiger charge is 2.42. The van der Waals surface area contributed by atoms with Crippen LogP contribution in [0.4, 0.5) is 0 Å². The summed E-state index contributed by atoms with van der Waals surface area (Å²) in [6.45, 7) is 2.55. The van der Waals surface area contributed by atoms with E-state index in [0.717, 1.165) is 46.3 Å². The predicted molar refractivity (Wildman–Crippen MR) is 108 cm³/mol. The van der Waals surface area contributed by atoms with E-state index in [-0.39, 0.29) is 12.3 Å². The summed E-state index contributed by atoms with van der Waals surface area (Å²) in [7, 11) is 1.66. The van der Waals surface area contributed by atoms with Crippen molar-refractivity contribution in [3.05, 3.63) is 77.7 Å². The highest BCUT2D eigenvalue weighted by molar-refractivity contribution is 5.99. The van der Waals surface area contributed by atoms with Gasteiger partial charge in [-0.2, -0.15) is 5.10 Å². The number of benzene rings is 2. The van der Waals surface area contributed by atoms with Crippen LogP contribution in [0.15, 0.2) is 70.4 Å². The van der Waals surface area contributed by atoms with Gasteiger partial charge in [0.05, 0.1) is 26.0 Å². The van der Waals surface area contributed by atoms with Crippen LogP contribution in [0.3, 0.4) is 0 Å². The predicted octanol–water partition coefficient (Wildman–Crippen LogP) is 4.93. The standard InChI is InChI=1S/C23H22N2O4/c1-3-27-21-7-4-6-17-19-14-18(20-8-5-13-28-20)24-25(19)23(29-22(17)21)15-9-11-16(26-2)12-10-15/h4-13,19,23H,3,14H2,1-2H3/t19-,23-/m0/s1. The van der Waals surface area contributed by atoms with Gasteiger partial charge in [0, 0.05) is 17.5 Å². The lowest BCUT2D eigenvalue weighted by molar-refractivity contribution is -0.0212. The van der Waals surface area contributed by atoms with Gasteiger partial charge in [-0.25, -0.2) is 5.01 Å². The monoisotopic (exact) mass is 390 g/mol. The Morgan fingerprint density at radius 1 is 1.10 bits per heavy atom. The molecule has 0 N–H and O–H groups in total. The van der Waals surface area contributed by atoms with E-state index < -0.39 is 0 Å². The average molecular weight is 390 g/mol. The van der Waals surface area contributed by atoms with Crippen LogP contribution >= 0.6 is 0 Å². The smallest absolute Gasteiger partial charge is 0.214 e. The number of hydrogen-bond donors (Lipinski definition) is 0. The van der Waals surface area contributed by atoms with Crippen LogP contribution < -0.4 is 14.2 Å². The number of furan rings is 1. The number of nitrogens with zero attached hydrogens (tertiary/aromatic N) is 2. The average Bonchev–Trinajstić information content (AvgIpc) is 3.44. The van der Waals surface area contributed by atoms with Gasteiger partial charge in [-0.1, -0.05) is 12.1 Å². The molecule has 5 rings (SSSR count). The summed E-state index contributed by atoms with van der Waals surface area (Å²) < 4.78 is 23.2. The van der Waals surface area contributed by atoms with Crippen molar-refractivity contribution < 1.29 is 18.6 Å². The zero-order valence-electron chi connectivity index (χ0n) is 16.4. The molecule has 0 unspecified atom stereocenters. The lowest BCUT2D eigenvalue weighted by Crippen LogP contribution is -2.33. The quantitative estimate of drug-likeness (QED) is 0.618. The SMILES string of the molecule is CCOc1cccc2c1O[C@@H](c1ccc(OC)cc1)N1N=C(c3ccco3)C[C@@H]21. The second-order valence-corrected chi connectivity index (χ2v) is 6.97.